The fourth-order valence-electron chi connectivity index (χ4n) is 1.54. The summed E-state index contributed by atoms with van der Waals surface area (Å²) in [6.45, 7) is 13.2. The maximum Gasteiger partial charge on any atom is -0.0440 e. The third kappa shape index (κ3) is 6.69. The SMILES string of the molecule is [CH2]C(C)CCC(C)CC(C)CC. The Morgan fingerprint density at radius 3 is 2.00 bits per heavy atom. The molecular formula is C12H25. The summed E-state index contributed by atoms with van der Waals surface area (Å²) in [4.78, 5) is 0. The predicted octanol–water partition coefficient (Wildman–Crippen LogP) is 4.31. The minimum atomic E-state index is 0.629. The molecular weight excluding hydrogens is 144 g/mol. The standard InChI is InChI=1S/C12H25/c1-6-11(4)9-12(5)8-7-10(2)3/h10-12H,2,6-9H2,1,3-5H3. The molecule has 73 valence electrons. The summed E-state index contributed by atoms with van der Waals surface area (Å²) >= 11 is 0. The van der Waals surface area contributed by atoms with E-state index in [2.05, 4.69) is 34.6 Å². The minimum Gasteiger partial charge on any atom is -0.0651 e. The number of hydrogen-bond donors (Lipinski definition) is 0. The topological polar surface area (TPSA) is 0 Å². The van der Waals surface area contributed by atoms with Crippen LogP contribution in [0.5, 0.6) is 0 Å². The summed E-state index contributed by atoms with van der Waals surface area (Å²) in [5.41, 5.74) is 0. The van der Waals surface area contributed by atoms with Gasteiger partial charge in [0.2, 0.25) is 0 Å². The van der Waals surface area contributed by atoms with Gasteiger partial charge >= 0.3 is 0 Å². The van der Waals surface area contributed by atoms with Crippen LogP contribution >= 0.6 is 0 Å². The Hall–Kier alpha value is 0. The van der Waals surface area contributed by atoms with Gasteiger partial charge in [0.05, 0.1) is 0 Å². The van der Waals surface area contributed by atoms with Crippen LogP contribution in [0.2, 0.25) is 0 Å². The highest BCUT2D eigenvalue weighted by Crippen LogP contribution is 2.20. The van der Waals surface area contributed by atoms with Gasteiger partial charge in [-0.15, -0.1) is 0 Å². The van der Waals surface area contributed by atoms with E-state index in [1.54, 1.807) is 0 Å². The second-order valence-electron chi connectivity index (χ2n) is 4.54. The lowest BCUT2D eigenvalue weighted by molar-refractivity contribution is 0.367. The van der Waals surface area contributed by atoms with Crippen molar-refractivity contribution in [2.45, 2.75) is 53.4 Å². The third-order valence-electron chi connectivity index (χ3n) is 2.65. The van der Waals surface area contributed by atoms with Crippen molar-refractivity contribution >= 4 is 0 Å². The van der Waals surface area contributed by atoms with E-state index in [4.69, 9.17) is 0 Å². The molecule has 0 rings (SSSR count). The van der Waals surface area contributed by atoms with Gasteiger partial charge in [-0.25, -0.2) is 0 Å². The molecule has 0 aliphatic rings. The summed E-state index contributed by atoms with van der Waals surface area (Å²) in [6.07, 6.45) is 5.36. The van der Waals surface area contributed by atoms with Gasteiger partial charge in [-0.2, -0.15) is 0 Å². The van der Waals surface area contributed by atoms with Gasteiger partial charge in [0.15, 0.2) is 0 Å². The zero-order chi connectivity index (χ0) is 9.56. The first-order valence-corrected chi connectivity index (χ1v) is 5.39. The Kier molecular flexibility index (Phi) is 6.51. The van der Waals surface area contributed by atoms with Crippen LogP contribution in [0.3, 0.4) is 0 Å². The summed E-state index contributed by atoms with van der Waals surface area (Å²) in [5, 5.41) is 0. The van der Waals surface area contributed by atoms with E-state index in [1.165, 1.54) is 25.7 Å². The zero-order valence-electron chi connectivity index (χ0n) is 9.27. The fourth-order valence-corrected chi connectivity index (χ4v) is 1.54. The Morgan fingerprint density at radius 2 is 1.58 bits per heavy atom. The van der Waals surface area contributed by atoms with Gasteiger partial charge in [-0.3, -0.25) is 0 Å². The van der Waals surface area contributed by atoms with Crippen molar-refractivity contribution in [3.63, 3.8) is 0 Å². The highest BCUT2D eigenvalue weighted by molar-refractivity contribution is 4.62. The molecule has 0 amide bonds. The third-order valence-corrected chi connectivity index (χ3v) is 2.65. The molecule has 3 atom stereocenters. The van der Waals surface area contributed by atoms with E-state index >= 15 is 0 Å². The molecule has 0 aromatic carbocycles. The molecule has 1 radical (unpaired) electrons. The first-order valence-electron chi connectivity index (χ1n) is 5.39. The second kappa shape index (κ2) is 6.51. The van der Waals surface area contributed by atoms with Crippen LogP contribution in [0.15, 0.2) is 0 Å². The zero-order valence-corrected chi connectivity index (χ0v) is 9.27. The van der Waals surface area contributed by atoms with Crippen LogP contribution in [0, 0.1) is 24.7 Å². The van der Waals surface area contributed by atoms with Crippen molar-refractivity contribution in [3.8, 4) is 0 Å². The quantitative estimate of drug-likeness (QED) is 0.556. The average molecular weight is 169 g/mol. The molecule has 0 saturated heterocycles. The van der Waals surface area contributed by atoms with Crippen molar-refractivity contribution in [3.05, 3.63) is 6.92 Å². The molecule has 0 heterocycles. The Bertz CT molecular complexity index is 94.2. The van der Waals surface area contributed by atoms with E-state index < -0.39 is 0 Å². The first kappa shape index (κ1) is 12.0. The van der Waals surface area contributed by atoms with Crippen molar-refractivity contribution in [2.24, 2.45) is 17.8 Å². The van der Waals surface area contributed by atoms with Crippen LogP contribution in [-0.4, -0.2) is 0 Å². The van der Waals surface area contributed by atoms with E-state index in [-0.39, 0.29) is 0 Å². The Labute approximate surface area is 78.8 Å². The Balaban J connectivity index is 3.39. The molecule has 0 N–H and O–H groups in total. The summed E-state index contributed by atoms with van der Waals surface area (Å²) in [7, 11) is 0. The highest BCUT2D eigenvalue weighted by atomic mass is 14.1. The largest absolute Gasteiger partial charge is 0.0651 e. The molecule has 0 aromatic rings. The molecule has 0 aromatic heterocycles. The van der Waals surface area contributed by atoms with Crippen LogP contribution < -0.4 is 0 Å². The predicted molar refractivity (Wildman–Crippen MR) is 57.0 cm³/mol. The molecule has 0 heteroatoms. The molecule has 0 fully saturated rings. The van der Waals surface area contributed by atoms with Crippen molar-refractivity contribution in [2.75, 3.05) is 0 Å². The van der Waals surface area contributed by atoms with Gasteiger partial charge in [0.1, 0.15) is 0 Å². The number of hydrogen-bond acceptors (Lipinski definition) is 0. The lowest BCUT2D eigenvalue weighted by Gasteiger charge is -2.16. The summed E-state index contributed by atoms with van der Waals surface area (Å²) in [5.74, 6) is 2.42. The van der Waals surface area contributed by atoms with Gasteiger partial charge in [0.25, 0.3) is 0 Å². The number of rotatable bonds is 6. The van der Waals surface area contributed by atoms with Gasteiger partial charge in [-0.1, -0.05) is 53.9 Å². The van der Waals surface area contributed by atoms with E-state index in [0.29, 0.717) is 5.92 Å². The van der Waals surface area contributed by atoms with Gasteiger partial charge in [0, 0.05) is 0 Å². The van der Waals surface area contributed by atoms with E-state index in [1.807, 2.05) is 0 Å². The normalized spacial score (nSPS) is 16.5. The van der Waals surface area contributed by atoms with Crippen molar-refractivity contribution in [1.29, 1.82) is 0 Å². The molecule has 0 spiro atoms. The summed E-state index contributed by atoms with van der Waals surface area (Å²) in [6, 6.07) is 0. The van der Waals surface area contributed by atoms with Gasteiger partial charge in [-0.05, 0) is 24.2 Å². The molecule has 0 saturated carbocycles. The second-order valence-corrected chi connectivity index (χ2v) is 4.54. The fraction of sp³-hybridized carbons (Fsp3) is 0.917. The lowest BCUT2D eigenvalue weighted by atomic mass is 9.90. The average Bonchev–Trinajstić information content (AvgIpc) is 2.00. The molecule has 3 unspecified atom stereocenters. The highest BCUT2D eigenvalue weighted by Gasteiger charge is 2.07. The maximum absolute atomic E-state index is 4.01. The monoisotopic (exact) mass is 169 g/mol. The molecule has 12 heavy (non-hydrogen) atoms. The van der Waals surface area contributed by atoms with Crippen molar-refractivity contribution in [1.82, 2.24) is 0 Å². The smallest absolute Gasteiger partial charge is 0.0440 e. The molecule has 0 bridgehead atoms. The van der Waals surface area contributed by atoms with E-state index in [9.17, 15) is 0 Å². The Morgan fingerprint density at radius 1 is 1.00 bits per heavy atom. The van der Waals surface area contributed by atoms with Crippen LogP contribution in [-0.2, 0) is 0 Å². The van der Waals surface area contributed by atoms with Crippen LogP contribution in [0.1, 0.15) is 53.4 Å². The van der Waals surface area contributed by atoms with Crippen molar-refractivity contribution < 1.29 is 0 Å². The van der Waals surface area contributed by atoms with Crippen LogP contribution in [0.25, 0.3) is 0 Å². The van der Waals surface area contributed by atoms with Crippen LogP contribution in [0.4, 0.5) is 0 Å². The molecule has 0 aliphatic carbocycles. The first-order chi connectivity index (χ1) is 5.56. The van der Waals surface area contributed by atoms with Gasteiger partial charge < -0.3 is 0 Å². The summed E-state index contributed by atoms with van der Waals surface area (Å²) < 4.78 is 0. The molecule has 0 aliphatic heterocycles. The maximum atomic E-state index is 4.01. The lowest BCUT2D eigenvalue weighted by Crippen LogP contribution is -2.03. The van der Waals surface area contributed by atoms with E-state index in [0.717, 1.165) is 11.8 Å². The minimum absolute atomic E-state index is 0.629. The molecule has 0 nitrogen and oxygen atoms in total.